The zero-order valence-corrected chi connectivity index (χ0v) is 24.8. The number of fused-ring (bicyclic) bond motifs is 2. The zero-order chi connectivity index (χ0) is 29.1. The Kier molecular flexibility index (Phi) is 8.53. The van der Waals surface area contributed by atoms with Crippen molar-refractivity contribution >= 4 is 39.1 Å². The largest absolute Gasteiger partial charge is 0.395 e. The lowest BCUT2D eigenvalue weighted by Gasteiger charge is -2.34. The minimum absolute atomic E-state index is 0.0104. The van der Waals surface area contributed by atoms with Crippen molar-refractivity contribution in [1.29, 1.82) is 0 Å². The highest BCUT2D eigenvalue weighted by atomic mass is 32.1. The maximum atomic E-state index is 13.5. The Morgan fingerprint density at radius 1 is 1.17 bits per heavy atom. The highest BCUT2D eigenvalue weighted by Crippen LogP contribution is 2.38. The lowest BCUT2D eigenvalue weighted by molar-refractivity contribution is 0.0939. The van der Waals surface area contributed by atoms with E-state index < -0.39 is 0 Å². The van der Waals surface area contributed by atoms with Gasteiger partial charge in [0.2, 0.25) is 0 Å². The molecule has 216 valence electrons. The Labute approximate surface area is 244 Å². The molecule has 0 unspecified atom stereocenters. The predicted molar refractivity (Wildman–Crippen MR) is 162 cm³/mol. The van der Waals surface area contributed by atoms with Gasteiger partial charge in [0.05, 0.1) is 17.5 Å². The minimum Gasteiger partial charge on any atom is -0.395 e. The third-order valence-corrected chi connectivity index (χ3v) is 8.80. The van der Waals surface area contributed by atoms with Gasteiger partial charge in [-0.05, 0) is 72.1 Å². The molecular formula is C31H38N6O3S. The molecule has 0 bridgehead atoms. The van der Waals surface area contributed by atoms with Crippen molar-refractivity contribution in [1.82, 2.24) is 25.4 Å². The number of carbonyl (C=O) groups is 2. The van der Waals surface area contributed by atoms with Crippen LogP contribution in [0.1, 0.15) is 70.2 Å². The first-order valence-corrected chi connectivity index (χ1v) is 14.9. The molecule has 2 amide bonds. The van der Waals surface area contributed by atoms with Gasteiger partial charge in [0, 0.05) is 43.1 Å². The molecule has 9 nitrogen and oxygen atoms in total. The number of aliphatic hydroxyl groups excluding tert-OH is 1. The van der Waals surface area contributed by atoms with E-state index in [-0.39, 0.29) is 29.9 Å². The summed E-state index contributed by atoms with van der Waals surface area (Å²) in [6.07, 6.45) is 4.84. The van der Waals surface area contributed by atoms with Crippen molar-refractivity contribution in [2.24, 2.45) is 18.4 Å². The lowest BCUT2D eigenvalue weighted by Crippen LogP contribution is -2.36. The Balaban J connectivity index is 1.34. The molecule has 3 heterocycles. The number of pyridine rings is 1. The van der Waals surface area contributed by atoms with Gasteiger partial charge in [-0.3, -0.25) is 14.3 Å². The summed E-state index contributed by atoms with van der Waals surface area (Å²) >= 11 is 1.41. The van der Waals surface area contributed by atoms with Crippen molar-refractivity contribution in [3.63, 3.8) is 0 Å². The molecule has 0 spiro atoms. The second-order valence-corrected chi connectivity index (χ2v) is 12.8. The summed E-state index contributed by atoms with van der Waals surface area (Å²) in [5.41, 5.74) is 4.45. The summed E-state index contributed by atoms with van der Waals surface area (Å²) < 4.78 is 1.57. The van der Waals surface area contributed by atoms with E-state index in [0.29, 0.717) is 35.3 Å². The van der Waals surface area contributed by atoms with Crippen LogP contribution in [-0.4, -0.2) is 51.4 Å². The number of nitrogens with one attached hydrogen (secondary N) is 3. The third-order valence-electron chi connectivity index (χ3n) is 7.76. The van der Waals surface area contributed by atoms with Crippen LogP contribution in [0.25, 0.3) is 10.2 Å². The Morgan fingerprint density at radius 2 is 2.00 bits per heavy atom. The molecule has 2 atom stereocenters. The van der Waals surface area contributed by atoms with Gasteiger partial charge in [-0.15, -0.1) is 11.3 Å². The topological polar surface area (TPSA) is 121 Å². The number of amides is 2. The van der Waals surface area contributed by atoms with Crippen molar-refractivity contribution in [3.8, 4) is 0 Å². The summed E-state index contributed by atoms with van der Waals surface area (Å²) in [5, 5.41) is 23.7. The maximum Gasteiger partial charge on any atom is 0.276 e. The van der Waals surface area contributed by atoms with Crippen molar-refractivity contribution in [2.75, 3.05) is 25.0 Å². The van der Waals surface area contributed by atoms with Crippen molar-refractivity contribution in [3.05, 3.63) is 76.1 Å². The van der Waals surface area contributed by atoms with E-state index in [9.17, 15) is 14.7 Å². The van der Waals surface area contributed by atoms with Gasteiger partial charge in [0.25, 0.3) is 11.8 Å². The smallest absolute Gasteiger partial charge is 0.276 e. The van der Waals surface area contributed by atoms with E-state index in [1.165, 1.54) is 16.9 Å². The van der Waals surface area contributed by atoms with Crippen molar-refractivity contribution < 1.29 is 14.7 Å². The fraction of sp³-hybridized carbons (Fsp3) is 0.419. The van der Waals surface area contributed by atoms with Crippen LogP contribution < -0.4 is 16.0 Å². The Bertz CT molecular complexity index is 1550. The molecule has 1 aliphatic carbocycles. The average Bonchev–Trinajstić information content (AvgIpc) is 3.56. The van der Waals surface area contributed by atoms with Crippen LogP contribution in [0.2, 0.25) is 0 Å². The van der Waals surface area contributed by atoms with Gasteiger partial charge in [0.15, 0.2) is 5.69 Å². The molecule has 0 saturated carbocycles. The quantitative estimate of drug-likeness (QED) is 0.219. The summed E-state index contributed by atoms with van der Waals surface area (Å²) in [4.78, 5) is 32.6. The number of hydrogen-bond donors (Lipinski definition) is 4. The monoisotopic (exact) mass is 574 g/mol. The van der Waals surface area contributed by atoms with E-state index in [0.717, 1.165) is 40.7 Å². The third kappa shape index (κ3) is 6.83. The number of anilines is 1. The van der Waals surface area contributed by atoms with Crippen LogP contribution in [-0.2, 0) is 19.9 Å². The standard InChI is InChI=1S/C31H38N6O3S/c1-31(2,3)22-8-9-24-20(15-22)14-21-17-27(41-30(21)35-24)29(40)34-26(18-32-11-13-38)19-6-5-7-23(16-19)33-28(39)25-10-12-37(4)36-25/h5-7,10,12,14,16-17,22,26,32,38H,8-9,11,13,15,18H2,1-4H3,(H,33,39)(H,34,40)/t22-,26-/m1/s1. The fourth-order valence-corrected chi connectivity index (χ4v) is 6.28. The normalized spacial score (nSPS) is 15.9. The van der Waals surface area contributed by atoms with E-state index >= 15 is 0 Å². The number of rotatable bonds is 9. The van der Waals surface area contributed by atoms with Crippen LogP contribution in [0.15, 0.2) is 48.7 Å². The van der Waals surface area contributed by atoms with E-state index in [1.54, 1.807) is 30.1 Å². The number of aromatic nitrogens is 3. The summed E-state index contributed by atoms with van der Waals surface area (Å²) in [7, 11) is 1.76. The molecule has 1 aromatic carbocycles. The van der Waals surface area contributed by atoms with Gasteiger partial charge in [0.1, 0.15) is 4.83 Å². The Morgan fingerprint density at radius 3 is 2.73 bits per heavy atom. The fourth-order valence-electron chi connectivity index (χ4n) is 5.35. The van der Waals surface area contributed by atoms with Gasteiger partial charge >= 0.3 is 0 Å². The van der Waals surface area contributed by atoms with E-state index in [1.807, 2.05) is 24.3 Å². The molecule has 0 radical (unpaired) electrons. The summed E-state index contributed by atoms with van der Waals surface area (Å²) in [6.45, 7) is 7.71. The van der Waals surface area contributed by atoms with E-state index in [2.05, 4.69) is 47.9 Å². The van der Waals surface area contributed by atoms with Crippen LogP contribution >= 0.6 is 11.3 Å². The van der Waals surface area contributed by atoms with Crippen LogP contribution in [0.4, 0.5) is 5.69 Å². The van der Waals surface area contributed by atoms with Gasteiger partial charge in [-0.25, -0.2) is 4.98 Å². The number of aliphatic hydroxyl groups is 1. The number of carbonyl (C=O) groups excluding carboxylic acids is 2. The maximum absolute atomic E-state index is 13.5. The molecule has 1 aliphatic rings. The zero-order valence-electron chi connectivity index (χ0n) is 24.0. The molecule has 5 rings (SSSR count). The first kappa shape index (κ1) is 28.9. The summed E-state index contributed by atoms with van der Waals surface area (Å²) in [5.74, 6) is 0.126. The predicted octanol–water partition coefficient (Wildman–Crippen LogP) is 4.49. The average molecular weight is 575 g/mol. The van der Waals surface area contributed by atoms with E-state index in [4.69, 9.17) is 4.98 Å². The first-order chi connectivity index (χ1) is 19.6. The molecule has 10 heteroatoms. The second kappa shape index (κ2) is 12.1. The number of aryl methyl sites for hydroxylation is 2. The second-order valence-electron chi connectivity index (χ2n) is 11.8. The van der Waals surface area contributed by atoms with Gasteiger partial charge in [-0.2, -0.15) is 5.10 Å². The molecule has 0 aliphatic heterocycles. The first-order valence-electron chi connectivity index (χ1n) is 14.1. The lowest BCUT2D eigenvalue weighted by atomic mass is 9.71. The molecule has 0 saturated heterocycles. The van der Waals surface area contributed by atoms with Crippen molar-refractivity contribution in [2.45, 2.75) is 46.1 Å². The van der Waals surface area contributed by atoms with Gasteiger partial charge < -0.3 is 21.1 Å². The molecule has 3 aromatic heterocycles. The van der Waals surface area contributed by atoms with Crippen LogP contribution in [0.3, 0.4) is 0 Å². The van der Waals surface area contributed by atoms with Gasteiger partial charge in [-0.1, -0.05) is 32.9 Å². The molecule has 4 aromatic rings. The SMILES string of the molecule is Cn1ccc(C(=O)Nc2cccc([C@@H](CNCCO)NC(=O)c3cc4cc5c(nc4s3)CC[C@@H](C(C)(C)C)C5)c2)n1. The minimum atomic E-state index is -0.389. The van der Waals surface area contributed by atoms with Crippen LogP contribution in [0.5, 0.6) is 0 Å². The Hall–Kier alpha value is -3.60. The molecular weight excluding hydrogens is 536 g/mol. The number of thiophene rings is 1. The number of nitrogens with zero attached hydrogens (tertiary/aromatic N) is 3. The molecule has 0 fully saturated rings. The highest BCUT2D eigenvalue weighted by molar-refractivity contribution is 7.20. The molecule has 4 N–H and O–H groups in total. The number of benzene rings is 1. The highest BCUT2D eigenvalue weighted by Gasteiger charge is 2.30. The number of hydrogen-bond acceptors (Lipinski definition) is 7. The molecule has 41 heavy (non-hydrogen) atoms. The summed E-state index contributed by atoms with van der Waals surface area (Å²) in [6, 6.07) is 12.8. The van der Waals surface area contributed by atoms with Crippen LogP contribution in [0, 0.1) is 11.3 Å².